The molecule has 0 spiro atoms. The van der Waals surface area contributed by atoms with Crippen LogP contribution in [-0.4, -0.2) is 19.2 Å². The molecule has 0 aliphatic heterocycles. The van der Waals surface area contributed by atoms with Crippen molar-refractivity contribution in [2.45, 2.75) is 38.2 Å². The second-order valence-electron chi connectivity index (χ2n) is 7.16. The molecular weight excluding hydrogens is 356 g/mol. The second kappa shape index (κ2) is 7.19. The van der Waals surface area contributed by atoms with Crippen LogP contribution in [0.4, 0.5) is 0 Å². The maximum atomic E-state index is 13.0. The maximum absolute atomic E-state index is 13.0. The molecule has 0 N–H and O–H groups in total. The van der Waals surface area contributed by atoms with E-state index >= 15 is 0 Å². The van der Waals surface area contributed by atoms with Crippen molar-refractivity contribution in [3.8, 4) is 0 Å². The van der Waals surface area contributed by atoms with Gasteiger partial charge in [0, 0.05) is 12.3 Å². The van der Waals surface area contributed by atoms with Gasteiger partial charge in [-0.25, -0.2) is 0 Å². The maximum Gasteiger partial charge on any atom is 0.262 e. The largest absolute Gasteiger partial charge is 0.276 e. The lowest BCUT2D eigenvalue weighted by Crippen LogP contribution is -2.25. The van der Waals surface area contributed by atoms with Crippen molar-refractivity contribution >= 4 is 28.4 Å². The van der Waals surface area contributed by atoms with E-state index in [2.05, 4.69) is 49.2 Å². The van der Waals surface area contributed by atoms with Crippen LogP contribution in [0.1, 0.15) is 25.0 Å². The van der Waals surface area contributed by atoms with Gasteiger partial charge in [-0.05, 0) is 36.1 Å². The summed E-state index contributed by atoms with van der Waals surface area (Å²) < 4.78 is 3.76. The van der Waals surface area contributed by atoms with Crippen LogP contribution < -0.4 is 5.56 Å². The average Bonchev–Trinajstić information content (AvgIpc) is 3.08. The van der Waals surface area contributed by atoms with Gasteiger partial charge in [-0.1, -0.05) is 62.0 Å². The van der Waals surface area contributed by atoms with Gasteiger partial charge in [0.2, 0.25) is 5.78 Å². The molecule has 0 unspecified atom stereocenters. The Hall–Kier alpha value is -2.60. The Morgan fingerprint density at radius 1 is 1.04 bits per heavy atom. The summed E-state index contributed by atoms with van der Waals surface area (Å²) in [5.41, 5.74) is 3.39. The van der Waals surface area contributed by atoms with Gasteiger partial charge in [0.1, 0.15) is 0 Å². The van der Waals surface area contributed by atoms with Gasteiger partial charge >= 0.3 is 0 Å². The van der Waals surface area contributed by atoms with Crippen LogP contribution in [0.3, 0.4) is 0 Å². The highest BCUT2D eigenvalue weighted by Crippen LogP contribution is 2.26. The molecule has 138 valence electrons. The van der Waals surface area contributed by atoms with Gasteiger partial charge in [-0.3, -0.25) is 13.8 Å². The van der Waals surface area contributed by atoms with Gasteiger partial charge < -0.3 is 0 Å². The Labute approximate surface area is 162 Å². The topological polar surface area (TPSA) is 52.2 Å². The molecule has 2 aromatic carbocycles. The third kappa shape index (κ3) is 3.25. The summed E-state index contributed by atoms with van der Waals surface area (Å²) in [4.78, 5) is 13.0. The molecule has 4 aromatic rings. The van der Waals surface area contributed by atoms with Crippen molar-refractivity contribution in [2.75, 3.05) is 0 Å². The molecule has 0 fully saturated rings. The zero-order chi connectivity index (χ0) is 19.0. The van der Waals surface area contributed by atoms with E-state index in [-0.39, 0.29) is 5.56 Å². The molecule has 2 aromatic heterocycles. The van der Waals surface area contributed by atoms with E-state index in [0.29, 0.717) is 23.6 Å². The van der Waals surface area contributed by atoms with E-state index in [4.69, 9.17) is 0 Å². The van der Waals surface area contributed by atoms with Crippen LogP contribution in [-0.2, 0) is 12.3 Å². The highest BCUT2D eigenvalue weighted by molar-refractivity contribution is 7.98. The molecule has 0 saturated heterocycles. The third-order valence-corrected chi connectivity index (χ3v) is 5.62. The van der Waals surface area contributed by atoms with Crippen LogP contribution in [0.15, 0.2) is 58.5 Å². The molecule has 0 aliphatic carbocycles. The Bertz CT molecular complexity index is 1180. The lowest BCUT2D eigenvalue weighted by molar-refractivity contribution is 0.517. The highest BCUT2D eigenvalue weighted by Gasteiger charge is 2.17. The van der Waals surface area contributed by atoms with Gasteiger partial charge in [0.25, 0.3) is 5.56 Å². The molecule has 6 heteroatoms. The monoisotopic (exact) mass is 378 g/mol. The molecule has 0 radical (unpaired) electrons. The summed E-state index contributed by atoms with van der Waals surface area (Å²) in [6, 6.07) is 16.1. The van der Waals surface area contributed by atoms with Crippen molar-refractivity contribution in [1.29, 1.82) is 0 Å². The molecule has 2 heterocycles. The molecule has 27 heavy (non-hydrogen) atoms. The van der Waals surface area contributed by atoms with Gasteiger partial charge in [-0.2, -0.15) is 0 Å². The number of aryl methyl sites for hydroxylation is 1. The first-order valence-corrected chi connectivity index (χ1v) is 10.1. The van der Waals surface area contributed by atoms with Crippen molar-refractivity contribution < 1.29 is 0 Å². The lowest BCUT2D eigenvalue weighted by atomic mass is 10.1. The summed E-state index contributed by atoms with van der Waals surface area (Å²) in [6.07, 6.45) is 0. The van der Waals surface area contributed by atoms with E-state index < -0.39 is 0 Å². The normalized spacial score (nSPS) is 11.7. The van der Waals surface area contributed by atoms with Crippen molar-refractivity contribution in [1.82, 2.24) is 19.2 Å². The molecule has 4 rings (SSSR count). The second-order valence-corrected chi connectivity index (χ2v) is 8.10. The first-order chi connectivity index (χ1) is 13.1. The summed E-state index contributed by atoms with van der Waals surface area (Å²) in [6.45, 7) is 6.94. The molecule has 0 bridgehead atoms. The fraction of sp³-hybridized carbons (Fsp3) is 0.286. The number of benzene rings is 2. The number of rotatable bonds is 5. The SMILES string of the molecule is Cc1ccccc1CSc1nnc2n(CC(C)C)c(=O)c3ccccc3n12. The number of hydrogen-bond acceptors (Lipinski definition) is 4. The first kappa shape index (κ1) is 17.8. The van der Waals surface area contributed by atoms with Crippen LogP contribution in [0.5, 0.6) is 0 Å². The average molecular weight is 379 g/mol. The van der Waals surface area contributed by atoms with E-state index in [1.807, 2.05) is 34.7 Å². The van der Waals surface area contributed by atoms with Crippen LogP contribution in [0, 0.1) is 12.8 Å². The number of fused-ring (bicyclic) bond motifs is 3. The van der Waals surface area contributed by atoms with Crippen LogP contribution in [0.2, 0.25) is 0 Å². The van der Waals surface area contributed by atoms with Crippen molar-refractivity contribution in [3.63, 3.8) is 0 Å². The number of para-hydroxylation sites is 1. The van der Waals surface area contributed by atoms with Gasteiger partial charge in [0.05, 0.1) is 10.9 Å². The minimum Gasteiger partial charge on any atom is -0.276 e. The quantitative estimate of drug-likeness (QED) is 0.486. The van der Waals surface area contributed by atoms with Crippen LogP contribution in [0.25, 0.3) is 16.7 Å². The molecule has 0 aliphatic rings. The highest BCUT2D eigenvalue weighted by atomic mass is 32.2. The predicted octanol–water partition coefficient (Wildman–Crippen LogP) is 4.30. The smallest absolute Gasteiger partial charge is 0.262 e. The Balaban J connectivity index is 1.86. The number of aromatic nitrogens is 4. The molecule has 5 nitrogen and oxygen atoms in total. The molecule has 0 amide bonds. The lowest BCUT2D eigenvalue weighted by Gasteiger charge is -2.13. The minimum atomic E-state index is -0.00495. The third-order valence-electron chi connectivity index (χ3n) is 4.64. The zero-order valence-corrected chi connectivity index (χ0v) is 16.5. The van der Waals surface area contributed by atoms with Crippen molar-refractivity contribution in [3.05, 3.63) is 70.0 Å². The fourth-order valence-electron chi connectivity index (χ4n) is 3.27. The summed E-state index contributed by atoms with van der Waals surface area (Å²) in [5, 5.41) is 10.3. The first-order valence-electron chi connectivity index (χ1n) is 9.10. The number of thioether (sulfide) groups is 1. The Morgan fingerprint density at radius 3 is 2.56 bits per heavy atom. The molecular formula is C21H22N4OS. The zero-order valence-electron chi connectivity index (χ0n) is 15.7. The van der Waals surface area contributed by atoms with E-state index in [0.717, 1.165) is 16.4 Å². The van der Waals surface area contributed by atoms with E-state index in [1.165, 1.54) is 11.1 Å². The Kier molecular flexibility index (Phi) is 4.74. The van der Waals surface area contributed by atoms with Gasteiger partial charge in [0.15, 0.2) is 5.16 Å². The van der Waals surface area contributed by atoms with Gasteiger partial charge in [-0.15, -0.1) is 10.2 Å². The van der Waals surface area contributed by atoms with E-state index in [9.17, 15) is 4.79 Å². The standard InChI is InChI=1S/C21H22N4OS/c1-14(2)12-24-19(26)17-10-6-7-11-18(17)25-20(24)22-23-21(25)27-13-16-9-5-4-8-15(16)3/h4-11,14H,12-13H2,1-3H3. The minimum absolute atomic E-state index is 0.00495. The fourth-order valence-corrected chi connectivity index (χ4v) is 4.29. The summed E-state index contributed by atoms with van der Waals surface area (Å²) in [7, 11) is 0. The van der Waals surface area contributed by atoms with E-state index in [1.54, 1.807) is 16.3 Å². The Morgan fingerprint density at radius 2 is 1.78 bits per heavy atom. The number of hydrogen-bond donors (Lipinski definition) is 0. The summed E-state index contributed by atoms with van der Waals surface area (Å²) >= 11 is 1.65. The van der Waals surface area contributed by atoms with Crippen LogP contribution >= 0.6 is 11.8 Å². The predicted molar refractivity (Wildman–Crippen MR) is 110 cm³/mol. The number of nitrogens with zero attached hydrogens (tertiary/aromatic N) is 4. The molecule has 0 saturated carbocycles. The summed E-state index contributed by atoms with van der Waals surface area (Å²) in [5.74, 6) is 1.76. The van der Waals surface area contributed by atoms with Crippen molar-refractivity contribution in [2.24, 2.45) is 5.92 Å². The molecule has 0 atom stereocenters.